The van der Waals surface area contributed by atoms with Gasteiger partial charge in [0.2, 0.25) is 0 Å². The van der Waals surface area contributed by atoms with Crippen LogP contribution in [0.2, 0.25) is 0 Å². The fraction of sp³-hybridized carbons (Fsp3) is 0.786. The van der Waals surface area contributed by atoms with E-state index >= 15 is 0 Å². The summed E-state index contributed by atoms with van der Waals surface area (Å²) in [5.74, 6) is 0.657. The maximum Gasteiger partial charge on any atom is 0.0999 e. The average molecular weight is 248 g/mol. The highest BCUT2D eigenvalue weighted by atomic mass is 15.4. The first-order valence-corrected chi connectivity index (χ1v) is 6.93. The number of nitrogens with zero attached hydrogens (tertiary/aromatic N) is 4. The number of nitriles is 1. The molecule has 0 radical (unpaired) electrons. The molecule has 4 heteroatoms. The molecule has 0 unspecified atom stereocenters. The van der Waals surface area contributed by atoms with Crippen LogP contribution in [0.1, 0.15) is 64.4 Å². The molecule has 0 saturated heterocycles. The van der Waals surface area contributed by atoms with Crippen molar-refractivity contribution in [2.24, 2.45) is 5.92 Å². The Hall–Kier alpha value is -1.37. The molecule has 0 spiro atoms. The molecule has 0 aliphatic rings. The van der Waals surface area contributed by atoms with E-state index in [1.165, 1.54) is 5.69 Å². The van der Waals surface area contributed by atoms with Gasteiger partial charge >= 0.3 is 0 Å². The van der Waals surface area contributed by atoms with Crippen LogP contribution in [-0.2, 0) is 12.8 Å². The first-order valence-electron chi connectivity index (χ1n) is 6.93. The highest BCUT2D eigenvalue weighted by Gasteiger charge is 2.17. The molecule has 0 N–H and O–H groups in total. The summed E-state index contributed by atoms with van der Waals surface area (Å²) in [6.07, 6.45) is 4.57. The van der Waals surface area contributed by atoms with Gasteiger partial charge in [-0.3, -0.25) is 0 Å². The van der Waals surface area contributed by atoms with Crippen LogP contribution in [-0.4, -0.2) is 15.0 Å². The Balaban J connectivity index is 2.98. The van der Waals surface area contributed by atoms with Gasteiger partial charge in [-0.2, -0.15) is 5.26 Å². The van der Waals surface area contributed by atoms with Crippen molar-refractivity contribution in [1.82, 2.24) is 15.0 Å². The van der Waals surface area contributed by atoms with Crippen LogP contribution in [0, 0.1) is 17.2 Å². The van der Waals surface area contributed by atoms with Crippen LogP contribution < -0.4 is 0 Å². The van der Waals surface area contributed by atoms with E-state index in [-0.39, 0.29) is 0 Å². The van der Waals surface area contributed by atoms with Crippen molar-refractivity contribution in [3.8, 4) is 6.07 Å². The van der Waals surface area contributed by atoms with Gasteiger partial charge in [-0.05, 0) is 31.6 Å². The molecule has 1 rings (SSSR count). The molecule has 0 aliphatic carbocycles. The summed E-state index contributed by atoms with van der Waals surface area (Å²) in [5, 5.41) is 17.3. The molecule has 0 bridgehead atoms. The summed E-state index contributed by atoms with van der Waals surface area (Å²) < 4.78 is 2.05. The summed E-state index contributed by atoms with van der Waals surface area (Å²) in [7, 11) is 0. The summed E-state index contributed by atoms with van der Waals surface area (Å²) in [5.41, 5.74) is 2.03. The molecule has 0 aliphatic heterocycles. The van der Waals surface area contributed by atoms with E-state index in [4.69, 9.17) is 5.26 Å². The first-order chi connectivity index (χ1) is 8.63. The summed E-state index contributed by atoms with van der Waals surface area (Å²) in [4.78, 5) is 0. The Morgan fingerprint density at radius 3 is 2.44 bits per heavy atom. The topological polar surface area (TPSA) is 54.5 Å². The molecule has 1 aromatic heterocycles. The maximum atomic E-state index is 8.86. The zero-order chi connectivity index (χ0) is 13.5. The number of hydrogen-bond acceptors (Lipinski definition) is 3. The van der Waals surface area contributed by atoms with Crippen LogP contribution in [0.3, 0.4) is 0 Å². The summed E-state index contributed by atoms with van der Waals surface area (Å²) in [6, 6.07) is 2.59. The highest BCUT2D eigenvalue weighted by Crippen LogP contribution is 2.21. The standard InChI is InChI=1S/C14H24N4/c1-5-12(6-2)18-14(8-7-11(3)4)13(9-10-15)16-17-18/h11-12H,5-9H2,1-4H3. The Morgan fingerprint density at radius 1 is 1.28 bits per heavy atom. The maximum absolute atomic E-state index is 8.86. The molecule has 100 valence electrons. The molecule has 1 heterocycles. The minimum absolute atomic E-state index is 0.369. The average Bonchev–Trinajstić information content (AvgIpc) is 2.72. The molecule has 0 saturated carbocycles. The molecule has 4 nitrogen and oxygen atoms in total. The van der Waals surface area contributed by atoms with Gasteiger partial charge in [-0.25, -0.2) is 4.68 Å². The van der Waals surface area contributed by atoms with E-state index in [0.717, 1.165) is 31.4 Å². The second-order valence-corrected chi connectivity index (χ2v) is 5.17. The van der Waals surface area contributed by atoms with E-state index in [2.05, 4.69) is 48.8 Å². The van der Waals surface area contributed by atoms with E-state index in [0.29, 0.717) is 18.4 Å². The van der Waals surface area contributed by atoms with E-state index in [9.17, 15) is 0 Å². The minimum atomic E-state index is 0.369. The van der Waals surface area contributed by atoms with Gasteiger partial charge in [0.15, 0.2) is 0 Å². The molecule has 18 heavy (non-hydrogen) atoms. The van der Waals surface area contributed by atoms with Gasteiger partial charge < -0.3 is 0 Å². The zero-order valence-corrected chi connectivity index (χ0v) is 12.0. The van der Waals surface area contributed by atoms with Crippen molar-refractivity contribution in [3.05, 3.63) is 11.4 Å². The van der Waals surface area contributed by atoms with Crippen LogP contribution in [0.25, 0.3) is 0 Å². The molecule has 0 amide bonds. The van der Waals surface area contributed by atoms with Crippen molar-refractivity contribution >= 4 is 0 Å². The van der Waals surface area contributed by atoms with Crippen molar-refractivity contribution in [3.63, 3.8) is 0 Å². The van der Waals surface area contributed by atoms with Crippen LogP contribution in [0.15, 0.2) is 0 Å². The lowest BCUT2D eigenvalue weighted by molar-refractivity contribution is 0.400. The van der Waals surface area contributed by atoms with E-state index < -0.39 is 0 Å². The molecular formula is C14H24N4. The fourth-order valence-electron chi connectivity index (χ4n) is 2.17. The Kier molecular flexibility index (Phi) is 5.84. The largest absolute Gasteiger partial charge is 0.246 e. The molecule has 0 fully saturated rings. The monoisotopic (exact) mass is 248 g/mol. The lowest BCUT2D eigenvalue weighted by Gasteiger charge is -2.16. The van der Waals surface area contributed by atoms with Gasteiger partial charge in [0, 0.05) is 0 Å². The number of aromatic nitrogens is 3. The van der Waals surface area contributed by atoms with Gasteiger partial charge in [0.05, 0.1) is 29.9 Å². The lowest BCUT2D eigenvalue weighted by atomic mass is 10.0. The van der Waals surface area contributed by atoms with Crippen LogP contribution in [0.5, 0.6) is 0 Å². The van der Waals surface area contributed by atoms with Gasteiger partial charge in [-0.15, -0.1) is 5.10 Å². The van der Waals surface area contributed by atoms with E-state index in [1.54, 1.807) is 0 Å². The SMILES string of the molecule is CCC(CC)n1nnc(CC#N)c1CCC(C)C. The number of rotatable bonds is 7. The molecule has 0 aromatic carbocycles. The first kappa shape index (κ1) is 14.7. The summed E-state index contributed by atoms with van der Waals surface area (Å²) in [6.45, 7) is 8.78. The third-order valence-electron chi connectivity index (χ3n) is 3.36. The third kappa shape index (κ3) is 3.56. The molecule has 0 atom stereocenters. The number of hydrogen-bond donors (Lipinski definition) is 0. The van der Waals surface area contributed by atoms with Gasteiger partial charge in [0.1, 0.15) is 0 Å². The van der Waals surface area contributed by atoms with Crippen molar-refractivity contribution in [1.29, 1.82) is 5.26 Å². The third-order valence-corrected chi connectivity index (χ3v) is 3.36. The smallest absolute Gasteiger partial charge is 0.0999 e. The fourth-order valence-corrected chi connectivity index (χ4v) is 2.17. The summed E-state index contributed by atoms with van der Waals surface area (Å²) >= 11 is 0. The van der Waals surface area contributed by atoms with Crippen molar-refractivity contribution < 1.29 is 0 Å². The zero-order valence-electron chi connectivity index (χ0n) is 12.0. The van der Waals surface area contributed by atoms with Crippen LogP contribution >= 0.6 is 0 Å². The van der Waals surface area contributed by atoms with Crippen LogP contribution in [0.4, 0.5) is 0 Å². The Labute approximate surface area is 110 Å². The highest BCUT2D eigenvalue weighted by molar-refractivity contribution is 5.15. The van der Waals surface area contributed by atoms with Gasteiger partial charge in [-0.1, -0.05) is 32.9 Å². The second-order valence-electron chi connectivity index (χ2n) is 5.17. The predicted molar refractivity (Wildman–Crippen MR) is 72.1 cm³/mol. The van der Waals surface area contributed by atoms with Crippen molar-refractivity contribution in [2.45, 2.75) is 65.8 Å². The van der Waals surface area contributed by atoms with E-state index in [1.807, 2.05) is 0 Å². The van der Waals surface area contributed by atoms with Crippen molar-refractivity contribution in [2.75, 3.05) is 0 Å². The quantitative estimate of drug-likeness (QED) is 0.744. The van der Waals surface area contributed by atoms with Gasteiger partial charge in [0.25, 0.3) is 0 Å². The Bertz CT molecular complexity index is 396. The molecule has 1 aromatic rings. The minimum Gasteiger partial charge on any atom is -0.246 e. The Morgan fingerprint density at radius 2 is 1.94 bits per heavy atom. The predicted octanol–water partition coefficient (Wildman–Crippen LogP) is 3.29. The second kappa shape index (κ2) is 7.15. The lowest BCUT2D eigenvalue weighted by Crippen LogP contribution is -2.13. The molecular weight excluding hydrogens is 224 g/mol. The normalized spacial score (nSPS) is 11.2.